The first kappa shape index (κ1) is 13.7. The highest BCUT2D eigenvalue weighted by molar-refractivity contribution is 9.10. The third-order valence-electron chi connectivity index (χ3n) is 3.10. The van der Waals surface area contributed by atoms with Crippen LogP contribution in [0.2, 0.25) is 0 Å². The fraction of sp³-hybridized carbons (Fsp3) is 0.571. The average Bonchev–Trinajstić information content (AvgIpc) is 2.27. The van der Waals surface area contributed by atoms with Crippen LogP contribution < -0.4 is 5.73 Å². The van der Waals surface area contributed by atoms with E-state index in [1.165, 1.54) is 29.3 Å². The molecular formula is C14H22BrN. The first-order valence-electron chi connectivity index (χ1n) is 6.13. The molecule has 0 aliphatic carbocycles. The zero-order valence-corrected chi connectivity index (χ0v) is 11.8. The van der Waals surface area contributed by atoms with Crippen molar-refractivity contribution in [2.75, 3.05) is 6.54 Å². The van der Waals surface area contributed by atoms with Gasteiger partial charge >= 0.3 is 0 Å². The summed E-state index contributed by atoms with van der Waals surface area (Å²) in [5.41, 5.74) is 7.25. The lowest BCUT2D eigenvalue weighted by molar-refractivity contribution is 0.437. The lowest BCUT2D eigenvalue weighted by Crippen LogP contribution is -2.16. The zero-order valence-electron chi connectivity index (χ0n) is 10.2. The van der Waals surface area contributed by atoms with Crippen LogP contribution in [0.4, 0.5) is 0 Å². The summed E-state index contributed by atoms with van der Waals surface area (Å²) in [6.07, 6.45) is 3.74. The van der Waals surface area contributed by atoms with Crippen molar-refractivity contribution in [3.63, 3.8) is 0 Å². The van der Waals surface area contributed by atoms with Crippen molar-refractivity contribution in [3.05, 3.63) is 34.3 Å². The molecule has 1 aromatic carbocycles. The molecule has 90 valence electrons. The molecule has 2 heteroatoms. The maximum absolute atomic E-state index is 5.90. The van der Waals surface area contributed by atoms with E-state index in [-0.39, 0.29) is 0 Å². The van der Waals surface area contributed by atoms with Gasteiger partial charge < -0.3 is 5.73 Å². The Balaban J connectivity index is 2.71. The van der Waals surface area contributed by atoms with Gasteiger partial charge in [0.15, 0.2) is 0 Å². The molecule has 1 rings (SSSR count). The van der Waals surface area contributed by atoms with Crippen molar-refractivity contribution in [3.8, 4) is 0 Å². The van der Waals surface area contributed by atoms with Gasteiger partial charge in [-0.1, -0.05) is 60.8 Å². The van der Waals surface area contributed by atoms with Crippen molar-refractivity contribution >= 4 is 15.9 Å². The third-order valence-corrected chi connectivity index (χ3v) is 3.82. The van der Waals surface area contributed by atoms with E-state index in [1.807, 2.05) is 0 Å². The molecule has 0 heterocycles. The van der Waals surface area contributed by atoms with Crippen LogP contribution in [0.3, 0.4) is 0 Å². The van der Waals surface area contributed by atoms with Crippen LogP contribution in [0.15, 0.2) is 28.7 Å². The summed E-state index contributed by atoms with van der Waals surface area (Å²) in [4.78, 5) is 0. The van der Waals surface area contributed by atoms with Gasteiger partial charge in [-0.25, -0.2) is 0 Å². The molecule has 0 aliphatic heterocycles. The normalized spacial score (nSPS) is 14.8. The first-order chi connectivity index (χ1) is 7.69. The summed E-state index contributed by atoms with van der Waals surface area (Å²) in [6, 6.07) is 8.42. The number of hydrogen-bond donors (Lipinski definition) is 1. The van der Waals surface area contributed by atoms with E-state index in [9.17, 15) is 0 Å². The molecule has 0 saturated carbocycles. The van der Waals surface area contributed by atoms with Gasteiger partial charge in [-0.2, -0.15) is 0 Å². The summed E-state index contributed by atoms with van der Waals surface area (Å²) < 4.78 is 1.19. The van der Waals surface area contributed by atoms with Crippen molar-refractivity contribution in [2.45, 2.75) is 39.0 Å². The molecule has 0 radical (unpaired) electrons. The van der Waals surface area contributed by atoms with Gasteiger partial charge in [-0.3, -0.25) is 0 Å². The highest BCUT2D eigenvalue weighted by Gasteiger charge is 2.15. The molecule has 1 nitrogen and oxygen atoms in total. The van der Waals surface area contributed by atoms with Gasteiger partial charge in [-0.05, 0) is 36.4 Å². The average molecular weight is 284 g/mol. The zero-order chi connectivity index (χ0) is 12.0. The molecule has 2 N–H and O–H groups in total. The highest BCUT2D eigenvalue weighted by Crippen LogP contribution is 2.30. The highest BCUT2D eigenvalue weighted by atomic mass is 79.9. The van der Waals surface area contributed by atoms with E-state index in [2.05, 4.69) is 54.0 Å². The third kappa shape index (κ3) is 3.91. The Morgan fingerprint density at radius 2 is 2.00 bits per heavy atom. The number of benzene rings is 1. The fourth-order valence-corrected chi connectivity index (χ4v) is 2.86. The second-order valence-corrected chi connectivity index (χ2v) is 5.44. The van der Waals surface area contributed by atoms with E-state index >= 15 is 0 Å². The van der Waals surface area contributed by atoms with E-state index in [0.29, 0.717) is 5.92 Å². The fourth-order valence-electron chi connectivity index (χ4n) is 2.25. The second-order valence-electron chi connectivity index (χ2n) is 4.58. The quantitative estimate of drug-likeness (QED) is 0.827. The molecule has 0 spiro atoms. The van der Waals surface area contributed by atoms with Crippen LogP contribution in [0.1, 0.15) is 44.6 Å². The van der Waals surface area contributed by atoms with Gasteiger partial charge in [0, 0.05) is 4.47 Å². The van der Waals surface area contributed by atoms with Gasteiger partial charge in [-0.15, -0.1) is 0 Å². The Bertz CT molecular complexity index is 311. The molecule has 0 saturated heterocycles. The Labute approximate surface area is 108 Å². The number of nitrogens with two attached hydrogens (primary N) is 1. The van der Waals surface area contributed by atoms with Gasteiger partial charge in [0.05, 0.1) is 0 Å². The van der Waals surface area contributed by atoms with Crippen molar-refractivity contribution in [1.29, 1.82) is 0 Å². The summed E-state index contributed by atoms with van der Waals surface area (Å²) in [5.74, 6) is 1.24. The van der Waals surface area contributed by atoms with Crippen LogP contribution in [0, 0.1) is 5.92 Å². The second kappa shape index (κ2) is 7.08. The Kier molecular flexibility index (Phi) is 6.07. The molecule has 0 aliphatic rings. The summed E-state index contributed by atoms with van der Waals surface area (Å²) in [6.45, 7) is 5.30. The summed E-state index contributed by atoms with van der Waals surface area (Å²) in [5, 5.41) is 0. The van der Waals surface area contributed by atoms with E-state index in [4.69, 9.17) is 5.73 Å². The van der Waals surface area contributed by atoms with Crippen LogP contribution in [-0.2, 0) is 0 Å². The number of halogens is 1. The van der Waals surface area contributed by atoms with Crippen LogP contribution in [0.25, 0.3) is 0 Å². The molecule has 16 heavy (non-hydrogen) atoms. The van der Waals surface area contributed by atoms with E-state index in [0.717, 1.165) is 12.5 Å². The lowest BCUT2D eigenvalue weighted by Gasteiger charge is -2.20. The van der Waals surface area contributed by atoms with E-state index < -0.39 is 0 Å². The van der Waals surface area contributed by atoms with Crippen LogP contribution in [-0.4, -0.2) is 6.54 Å². The van der Waals surface area contributed by atoms with Gasteiger partial charge in [0.1, 0.15) is 0 Å². The number of rotatable bonds is 6. The monoisotopic (exact) mass is 283 g/mol. The molecule has 0 amide bonds. The number of hydrogen-bond acceptors (Lipinski definition) is 1. The molecule has 0 fully saturated rings. The predicted octanol–water partition coefficient (Wildman–Crippen LogP) is 4.32. The minimum atomic E-state index is 0.483. The summed E-state index contributed by atoms with van der Waals surface area (Å²) >= 11 is 3.61. The van der Waals surface area contributed by atoms with Crippen LogP contribution in [0.5, 0.6) is 0 Å². The SMILES string of the molecule is CCCC(C)CC(CN)c1ccccc1Br. The minimum Gasteiger partial charge on any atom is -0.330 e. The Morgan fingerprint density at radius 3 is 2.56 bits per heavy atom. The molecule has 0 bridgehead atoms. The van der Waals surface area contributed by atoms with Crippen molar-refractivity contribution in [2.24, 2.45) is 11.7 Å². The van der Waals surface area contributed by atoms with Crippen molar-refractivity contribution in [1.82, 2.24) is 0 Å². The first-order valence-corrected chi connectivity index (χ1v) is 6.92. The maximum Gasteiger partial charge on any atom is 0.0210 e. The van der Waals surface area contributed by atoms with E-state index in [1.54, 1.807) is 0 Å². The topological polar surface area (TPSA) is 26.0 Å². The van der Waals surface area contributed by atoms with Crippen LogP contribution >= 0.6 is 15.9 Å². The standard InChI is InChI=1S/C14H22BrN/c1-3-6-11(2)9-12(10-16)13-7-4-5-8-14(13)15/h4-5,7-8,11-12H,3,6,9-10,16H2,1-2H3. The summed E-state index contributed by atoms with van der Waals surface area (Å²) in [7, 11) is 0. The molecule has 2 atom stereocenters. The largest absolute Gasteiger partial charge is 0.330 e. The molecule has 2 unspecified atom stereocenters. The predicted molar refractivity (Wildman–Crippen MR) is 74.6 cm³/mol. The Morgan fingerprint density at radius 1 is 1.31 bits per heavy atom. The Hall–Kier alpha value is -0.340. The lowest BCUT2D eigenvalue weighted by atomic mass is 9.88. The molecule has 0 aromatic heterocycles. The molecular weight excluding hydrogens is 262 g/mol. The smallest absolute Gasteiger partial charge is 0.0210 e. The minimum absolute atomic E-state index is 0.483. The van der Waals surface area contributed by atoms with Crippen molar-refractivity contribution < 1.29 is 0 Å². The van der Waals surface area contributed by atoms with Gasteiger partial charge in [0.25, 0.3) is 0 Å². The maximum atomic E-state index is 5.90. The van der Waals surface area contributed by atoms with Gasteiger partial charge in [0.2, 0.25) is 0 Å². The molecule has 1 aromatic rings.